The lowest BCUT2D eigenvalue weighted by Gasteiger charge is -2.09. The van der Waals surface area contributed by atoms with Crippen LogP contribution in [0.25, 0.3) is 10.9 Å². The van der Waals surface area contributed by atoms with Gasteiger partial charge in [0.15, 0.2) is 6.29 Å². The second-order valence-electron chi connectivity index (χ2n) is 4.23. The Hall–Kier alpha value is -2.39. The van der Waals surface area contributed by atoms with Crippen molar-refractivity contribution >= 4 is 28.8 Å². The fraction of sp³-hybridized carbons (Fsp3) is 0. The van der Waals surface area contributed by atoms with Crippen molar-refractivity contribution in [2.45, 2.75) is 0 Å². The van der Waals surface area contributed by atoms with Crippen molar-refractivity contribution < 1.29 is 9.53 Å². The first-order valence-electron chi connectivity index (χ1n) is 6.05. The molecular weight excluding hydrogens is 274 g/mol. The zero-order valence-corrected chi connectivity index (χ0v) is 11.2. The van der Waals surface area contributed by atoms with Gasteiger partial charge in [-0.1, -0.05) is 41.9 Å². The summed E-state index contributed by atoms with van der Waals surface area (Å²) in [4.78, 5) is 15.5. The predicted octanol–water partition coefficient (Wildman–Crippen LogP) is 4.49. The first-order chi connectivity index (χ1) is 9.78. The molecule has 0 unspecified atom stereocenters. The lowest BCUT2D eigenvalue weighted by molar-refractivity contribution is 0.112. The van der Waals surface area contributed by atoms with Crippen LogP contribution in [-0.2, 0) is 0 Å². The molecule has 3 rings (SSSR count). The minimum Gasteiger partial charge on any atom is -0.438 e. The first kappa shape index (κ1) is 12.6. The quantitative estimate of drug-likeness (QED) is 0.665. The van der Waals surface area contributed by atoms with E-state index >= 15 is 0 Å². The molecular formula is C16H10ClNO2. The summed E-state index contributed by atoms with van der Waals surface area (Å²) in [6.07, 6.45) is 0.728. The van der Waals surface area contributed by atoms with E-state index < -0.39 is 0 Å². The second-order valence-corrected chi connectivity index (χ2v) is 4.63. The van der Waals surface area contributed by atoms with Crippen molar-refractivity contribution in [3.8, 4) is 11.6 Å². The van der Waals surface area contributed by atoms with Crippen LogP contribution in [0.2, 0.25) is 5.02 Å². The van der Waals surface area contributed by atoms with E-state index in [1.54, 1.807) is 24.3 Å². The van der Waals surface area contributed by atoms with Crippen LogP contribution in [0.15, 0.2) is 54.6 Å². The minimum absolute atomic E-state index is 0.256. The van der Waals surface area contributed by atoms with Crippen LogP contribution in [0.3, 0.4) is 0 Å². The molecule has 1 heterocycles. The number of nitrogens with zero attached hydrogens (tertiary/aromatic N) is 1. The van der Waals surface area contributed by atoms with Gasteiger partial charge >= 0.3 is 0 Å². The number of carbonyl (C=O) groups excluding carboxylic acids is 1. The van der Waals surface area contributed by atoms with Gasteiger partial charge < -0.3 is 4.74 Å². The zero-order valence-electron chi connectivity index (χ0n) is 10.4. The average molecular weight is 284 g/mol. The number of benzene rings is 2. The van der Waals surface area contributed by atoms with E-state index in [4.69, 9.17) is 16.3 Å². The summed E-state index contributed by atoms with van der Waals surface area (Å²) < 4.78 is 5.66. The Bertz CT molecular complexity index is 772. The topological polar surface area (TPSA) is 39.2 Å². The van der Waals surface area contributed by atoms with Crippen molar-refractivity contribution in [1.82, 2.24) is 4.98 Å². The van der Waals surface area contributed by atoms with Crippen LogP contribution in [0.1, 0.15) is 10.4 Å². The van der Waals surface area contributed by atoms with Gasteiger partial charge in [-0.25, -0.2) is 4.98 Å². The maximum absolute atomic E-state index is 11.2. The molecule has 0 aliphatic carbocycles. The molecule has 0 aliphatic heterocycles. The van der Waals surface area contributed by atoms with Gasteiger partial charge in [-0.15, -0.1) is 0 Å². The monoisotopic (exact) mass is 283 g/mol. The third-order valence-corrected chi connectivity index (χ3v) is 3.18. The molecule has 98 valence electrons. The van der Waals surface area contributed by atoms with Gasteiger partial charge in [-0.05, 0) is 24.3 Å². The van der Waals surface area contributed by atoms with Gasteiger partial charge in [0, 0.05) is 5.39 Å². The highest BCUT2D eigenvalue weighted by Gasteiger charge is 2.10. The number of carbonyl (C=O) groups is 1. The Labute approximate surface area is 120 Å². The fourth-order valence-electron chi connectivity index (χ4n) is 1.93. The third-order valence-electron chi connectivity index (χ3n) is 2.87. The highest BCUT2D eigenvalue weighted by molar-refractivity contribution is 6.35. The molecule has 0 amide bonds. The Morgan fingerprint density at radius 1 is 1.05 bits per heavy atom. The number of aldehydes is 1. The number of ether oxygens (including phenoxy) is 1. The van der Waals surface area contributed by atoms with E-state index in [0.29, 0.717) is 21.9 Å². The average Bonchev–Trinajstić information content (AvgIpc) is 2.48. The lowest BCUT2D eigenvalue weighted by atomic mass is 10.1. The summed E-state index contributed by atoms with van der Waals surface area (Å²) in [5.74, 6) is 0.876. The molecule has 0 fully saturated rings. The molecule has 0 aliphatic rings. The molecule has 0 bridgehead atoms. The molecule has 0 radical (unpaired) electrons. The van der Waals surface area contributed by atoms with Gasteiger partial charge in [-0.3, -0.25) is 4.79 Å². The molecule has 3 aromatic rings. The molecule has 0 atom stereocenters. The largest absolute Gasteiger partial charge is 0.438 e. The number of hydrogen-bond donors (Lipinski definition) is 0. The number of pyridine rings is 1. The van der Waals surface area contributed by atoms with Crippen LogP contribution in [-0.4, -0.2) is 11.3 Å². The fourth-order valence-corrected chi connectivity index (χ4v) is 2.15. The number of hydrogen-bond acceptors (Lipinski definition) is 3. The SMILES string of the molecule is O=Cc1cc2cccc(Cl)c2nc1Oc1ccccc1. The standard InChI is InChI=1S/C16H10ClNO2/c17-14-8-4-5-11-9-12(10-19)16(18-15(11)14)20-13-6-2-1-3-7-13/h1-10H. The summed E-state index contributed by atoms with van der Waals surface area (Å²) in [5.41, 5.74) is 1.01. The van der Waals surface area contributed by atoms with Crippen molar-refractivity contribution in [2.75, 3.05) is 0 Å². The van der Waals surface area contributed by atoms with Crippen molar-refractivity contribution in [3.05, 3.63) is 65.2 Å². The van der Waals surface area contributed by atoms with Crippen LogP contribution in [0, 0.1) is 0 Å². The normalized spacial score (nSPS) is 10.4. The van der Waals surface area contributed by atoms with E-state index in [2.05, 4.69) is 4.98 Å². The maximum atomic E-state index is 11.2. The lowest BCUT2D eigenvalue weighted by Crippen LogP contribution is -1.95. The number of rotatable bonds is 3. The van der Waals surface area contributed by atoms with Crippen LogP contribution in [0.4, 0.5) is 0 Å². The second kappa shape index (κ2) is 5.31. The number of para-hydroxylation sites is 2. The Morgan fingerprint density at radius 3 is 2.60 bits per heavy atom. The highest BCUT2D eigenvalue weighted by Crippen LogP contribution is 2.29. The van der Waals surface area contributed by atoms with E-state index in [1.165, 1.54) is 0 Å². The number of aromatic nitrogens is 1. The molecule has 0 spiro atoms. The molecule has 1 aromatic heterocycles. The van der Waals surface area contributed by atoms with E-state index in [-0.39, 0.29) is 5.88 Å². The number of fused-ring (bicyclic) bond motifs is 1. The summed E-state index contributed by atoms with van der Waals surface area (Å²) >= 11 is 6.12. The van der Waals surface area contributed by atoms with Crippen LogP contribution >= 0.6 is 11.6 Å². The molecule has 3 nitrogen and oxygen atoms in total. The molecule has 2 aromatic carbocycles. The van der Waals surface area contributed by atoms with Gasteiger partial charge in [0.2, 0.25) is 5.88 Å². The van der Waals surface area contributed by atoms with Crippen molar-refractivity contribution in [3.63, 3.8) is 0 Å². The molecule has 0 saturated heterocycles. The highest BCUT2D eigenvalue weighted by atomic mass is 35.5. The Morgan fingerprint density at radius 2 is 1.85 bits per heavy atom. The van der Waals surface area contributed by atoms with Crippen molar-refractivity contribution in [2.24, 2.45) is 0 Å². The first-order valence-corrected chi connectivity index (χ1v) is 6.43. The predicted molar refractivity (Wildman–Crippen MR) is 78.7 cm³/mol. The minimum atomic E-state index is 0.256. The Kier molecular flexibility index (Phi) is 3.35. The maximum Gasteiger partial charge on any atom is 0.230 e. The van der Waals surface area contributed by atoms with E-state index in [1.807, 2.05) is 30.3 Å². The Balaban J connectivity index is 2.13. The summed E-state index contributed by atoms with van der Waals surface area (Å²) in [7, 11) is 0. The summed E-state index contributed by atoms with van der Waals surface area (Å²) in [6, 6.07) is 16.3. The summed E-state index contributed by atoms with van der Waals surface area (Å²) in [6.45, 7) is 0. The zero-order chi connectivity index (χ0) is 13.9. The summed E-state index contributed by atoms with van der Waals surface area (Å²) in [5, 5.41) is 1.33. The van der Waals surface area contributed by atoms with Crippen LogP contribution in [0.5, 0.6) is 11.6 Å². The number of halogens is 1. The van der Waals surface area contributed by atoms with E-state index in [0.717, 1.165) is 11.7 Å². The van der Waals surface area contributed by atoms with Crippen molar-refractivity contribution in [1.29, 1.82) is 0 Å². The van der Waals surface area contributed by atoms with E-state index in [9.17, 15) is 4.79 Å². The molecule has 0 saturated carbocycles. The molecule has 4 heteroatoms. The van der Waals surface area contributed by atoms with Gasteiger partial charge in [0.25, 0.3) is 0 Å². The van der Waals surface area contributed by atoms with Gasteiger partial charge in [-0.2, -0.15) is 0 Å². The van der Waals surface area contributed by atoms with Crippen LogP contribution < -0.4 is 4.74 Å². The third kappa shape index (κ3) is 2.36. The smallest absolute Gasteiger partial charge is 0.230 e. The van der Waals surface area contributed by atoms with Gasteiger partial charge in [0.05, 0.1) is 16.1 Å². The molecule has 0 N–H and O–H groups in total. The van der Waals surface area contributed by atoms with Gasteiger partial charge in [0.1, 0.15) is 5.75 Å². The molecule has 20 heavy (non-hydrogen) atoms.